The molecule has 0 aliphatic carbocycles. The van der Waals surface area contributed by atoms with Crippen LogP contribution in [-0.2, 0) is 13.0 Å². The molecule has 2 nitrogen and oxygen atoms in total. The summed E-state index contributed by atoms with van der Waals surface area (Å²) in [6, 6.07) is 18.3. The lowest BCUT2D eigenvalue weighted by atomic mass is 10.1. The largest absolute Gasteiger partial charge is 0.293 e. The molecule has 0 unspecified atom stereocenters. The predicted molar refractivity (Wildman–Crippen MR) is 87.5 cm³/mol. The standard InChI is InChI=1S/C19H23NO/c1-3-16-10-12-18(13-11-16)19(21)15-20(4-2)14-17-8-6-5-7-9-17/h5-13H,3-4,14-15H2,1-2H3. The molecule has 110 valence electrons. The Morgan fingerprint density at radius 3 is 2.14 bits per heavy atom. The minimum atomic E-state index is 0.190. The molecule has 0 spiro atoms. The van der Waals surface area contributed by atoms with E-state index in [1.807, 2.05) is 42.5 Å². The van der Waals surface area contributed by atoms with Crippen molar-refractivity contribution in [2.75, 3.05) is 13.1 Å². The molecule has 2 aromatic carbocycles. The second kappa shape index (κ2) is 7.75. The van der Waals surface area contributed by atoms with Gasteiger partial charge >= 0.3 is 0 Å². The highest BCUT2D eigenvalue weighted by molar-refractivity contribution is 5.97. The molecule has 0 aromatic heterocycles. The Labute approximate surface area is 127 Å². The van der Waals surface area contributed by atoms with Gasteiger partial charge in [0.15, 0.2) is 5.78 Å². The molecule has 2 aromatic rings. The molecule has 2 heteroatoms. The third kappa shape index (κ3) is 4.54. The summed E-state index contributed by atoms with van der Waals surface area (Å²) < 4.78 is 0. The van der Waals surface area contributed by atoms with Crippen molar-refractivity contribution >= 4 is 5.78 Å². The molecule has 0 heterocycles. The fraction of sp³-hybridized carbons (Fsp3) is 0.316. The first-order valence-electron chi connectivity index (χ1n) is 7.61. The quantitative estimate of drug-likeness (QED) is 0.716. The Morgan fingerprint density at radius 2 is 1.57 bits per heavy atom. The van der Waals surface area contributed by atoms with Crippen LogP contribution in [0, 0.1) is 0 Å². The molecule has 0 N–H and O–H groups in total. The maximum absolute atomic E-state index is 12.4. The van der Waals surface area contributed by atoms with Crippen molar-refractivity contribution < 1.29 is 4.79 Å². The number of ketones is 1. The molecule has 0 radical (unpaired) electrons. The highest BCUT2D eigenvalue weighted by Gasteiger charge is 2.11. The SMILES string of the molecule is CCc1ccc(C(=O)CN(CC)Cc2ccccc2)cc1. The summed E-state index contributed by atoms with van der Waals surface area (Å²) in [6.45, 7) is 6.37. The topological polar surface area (TPSA) is 20.3 Å². The number of rotatable bonds is 7. The van der Waals surface area contributed by atoms with Crippen molar-refractivity contribution in [2.24, 2.45) is 0 Å². The van der Waals surface area contributed by atoms with Gasteiger partial charge < -0.3 is 0 Å². The van der Waals surface area contributed by atoms with Crippen molar-refractivity contribution in [3.8, 4) is 0 Å². The Hall–Kier alpha value is -1.93. The van der Waals surface area contributed by atoms with Crippen molar-refractivity contribution in [2.45, 2.75) is 26.8 Å². The Balaban J connectivity index is 1.98. The summed E-state index contributed by atoms with van der Waals surface area (Å²) in [5.74, 6) is 0.190. The summed E-state index contributed by atoms with van der Waals surface area (Å²) >= 11 is 0. The van der Waals surface area contributed by atoms with Gasteiger partial charge in [-0.15, -0.1) is 0 Å². The van der Waals surface area contributed by atoms with Crippen LogP contribution in [0.3, 0.4) is 0 Å². The zero-order chi connectivity index (χ0) is 15.1. The van der Waals surface area contributed by atoms with E-state index >= 15 is 0 Å². The molecule has 0 aliphatic rings. The van der Waals surface area contributed by atoms with E-state index in [9.17, 15) is 4.79 Å². The van der Waals surface area contributed by atoms with Gasteiger partial charge in [0.1, 0.15) is 0 Å². The number of likely N-dealkylation sites (N-methyl/N-ethyl adjacent to an activating group) is 1. The third-order valence-electron chi connectivity index (χ3n) is 3.75. The van der Waals surface area contributed by atoms with Gasteiger partial charge in [0, 0.05) is 12.1 Å². The monoisotopic (exact) mass is 281 g/mol. The highest BCUT2D eigenvalue weighted by atomic mass is 16.1. The van der Waals surface area contributed by atoms with E-state index in [0.29, 0.717) is 6.54 Å². The number of benzene rings is 2. The molecular formula is C19H23NO. The van der Waals surface area contributed by atoms with Gasteiger partial charge in [-0.1, -0.05) is 68.4 Å². The zero-order valence-corrected chi connectivity index (χ0v) is 12.9. The van der Waals surface area contributed by atoms with Gasteiger partial charge in [0.2, 0.25) is 0 Å². The summed E-state index contributed by atoms with van der Waals surface area (Å²) in [5, 5.41) is 0. The Bertz CT molecular complexity index is 560. The number of hydrogen-bond acceptors (Lipinski definition) is 2. The molecule has 0 atom stereocenters. The van der Waals surface area contributed by atoms with Gasteiger partial charge in [0.05, 0.1) is 6.54 Å². The van der Waals surface area contributed by atoms with Crippen molar-refractivity contribution in [3.05, 3.63) is 71.3 Å². The fourth-order valence-corrected chi connectivity index (χ4v) is 2.34. The van der Waals surface area contributed by atoms with Gasteiger partial charge in [-0.2, -0.15) is 0 Å². The van der Waals surface area contributed by atoms with E-state index in [1.165, 1.54) is 11.1 Å². The summed E-state index contributed by atoms with van der Waals surface area (Å²) in [7, 11) is 0. The maximum Gasteiger partial charge on any atom is 0.176 e. The van der Waals surface area contributed by atoms with Gasteiger partial charge in [-0.05, 0) is 24.1 Å². The Kier molecular flexibility index (Phi) is 5.70. The number of carbonyl (C=O) groups is 1. The van der Waals surface area contributed by atoms with Gasteiger partial charge in [-0.3, -0.25) is 9.69 Å². The van der Waals surface area contributed by atoms with Crippen LogP contribution in [0.5, 0.6) is 0 Å². The number of Topliss-reactive ketones (excluding diaryl/α,β-unsaturated/α-hetero) is 1. The van der Waals surface area contributed by atoms with E-state index in [4.69, 9.17) is 0 Å². The van der Waals surface area contributed by atoms with Crippen molar-refractivity contribution in [1.82, 2.24) is 4.90 Å². The molecule has 0 saturated heterocycles. The normalized spacial score (nSPS) is 10.8. The first kappa shape index (κ1) is 15.5. The predicted octanol–water partition coefficient (Wildman–Crippen LogP) is 3.95. The van der Waals surface area contributed by atoms with E-state index < -0.39 is 0 Å². The average Bonchev–Trinajstić information content (AvgIpc) is 2.55. The molecular weight excluding hydrogens is 258 g/mol. The smallest absolute Gasteiger partial charge is 0.176 e. The van der Waals surface area contributed by atoms with Crippen LogP contribution in [0.25, 0.3) is 0 Å². The van der Waals surface area contributed by atoms with E-state index in [0.717, 1.165) is 25.1 Å². The number of carbonyl (C=O) groups excluding carboxylic acids is 1. The van der Waals surface area contributed by atoms with Crippen LogP contribution in [0.2, 0.25) is 0 Å². The van der Waals surface area contributed by atoms with Crippen LogP contribution in [0.15, 0.2) is 54.6 Å². The lowest BCUT2D eigenvalue weighted by Crippen LogP contribution is -2.29. The number of hydrogen-bond donors (Lipinski definition) is 0. The maximum atomic E-state index is 12.4. The summed E-state index contributed by atoms with van der Waals surface area (Å²) in [4.78, 5) is 14.5. The minimum Gasteiger partial charge on any atom is -0.293 e. The van der Waals surface area contributed by atoms with Crippen LogP contribution in [-0.4, -0.2) is 23.8 Å². The fourth-order valence-electron chi connectivity index (χ4n) is 2.34. The van der Waals surface area contributed by atoms with Crippen molar-refractivity contribution in [3.63, 3.8) is 0 Å². The number of nitrogens with zero attached hydrogens (tertiary/aromatic N) is 1. The molecule has 0 aliphatic heterocycles. The van der Waals surface area contributed by atoms with Crippen molar-refractivity contribution in [1.29, 1.82) is 0 Å². The lowest BCUT2D eigenvalue weighted by Gasteiger charge is -2.19. The van der Waals surface area contributed by atoms with Gasteiger partial charge in [-0.25, -0.2) is 0 Å². The first-order chi connectivity index (χ1) is 10.2. The zero-order valence-electron chi connectivity index (χ0n) is 12.9. The minimum absolute atomic E-state index is 0.190. The molecule has 0 amide bonds. The second-order valence-electron chi connectivity index (χ2n) is 5.26. The second-order valence-corrected chi connectivity index (χ2v) is 5.26. The molecule has 0 bridgehead atoms. The van der Waals surface area contributed by atoms with Crippen LogP contribution in [0.1, 0.15) is 35.3 Å². The van der Waals surface area contributed by atoms with Crippen LogP contribution >= 0.6 is 0 Å². The molecule has 0 saturated carbocycles. The van der Waals surface area contributed by atoms with E-state index in [2.05, 4.69) is 30.9 Å². The van der Waals surface area contributed by atoms with Crippen LogP contribution < -0.4 is 0 Å². The molecule has 2 rings (SSSR count). The van der Waals surface area contributed by atoms with E-state index in [1.54, 1.807) is 0 Å². The third-order valence-corrected chi connectivity index (χ3v) is 3.75. The first-order valence-corrected chi connectivity index (χ1v) is 7.61. The lowest BCUT2D eigenvalue weighted by molar-refractivity contribution is 0.0929. The highest BCUT2D eigenvalue weighted by Crippen LogP contribution is 2.09. The average molecular weight is 281 g/mol. The van der Waals surface area contributed by atoms with E-state index in [-0.39, 0.29) is 5.78 Å². The number of aryl methyl sites for hydroxylation is 1. The molecule has 21 heavy (non-hydrogen) atoms. The molecule has 0 fully saturated rings. The summed E-state index contributed by atoms with van der Waals surface area (Å²) in [5.41, 5.74) is 3.32. The Morgan fingerprint density at radius 1 is 0.905 bits per heavy atom. The van der Waals surface area contributed by atoms with Crippen LogP contribution in [0.4, 0.5) is 0 Å². The summed E-state index contributed by atoms with van der Waals surface area (Å²) in [6.07, 6.45) is 1.00. The van der Waals surface area contributed by atoms with Gasteiger partial charge in [0.25, 0.3) is 0 Å².